The summed E-state index contributed by atoms with van der Waals surface area (Å²) in [5.41, 5.74) is 0. The van der Waals surface area contributed by atoms with E-state index in [0.717, 1.165) is 51.4 Å². The Bertz CT molecular complexity index is 490. The van der Waals surface area contributed by atoms with Crippen LogP contribution in [0.25, 0.3) is 0 Å². The Labute approximate surface area is 176 Å². The molecule has 0 amide bonds. The second-order valence-electron chi connectivity index (χ2n) is 6.83. The Hall–Kier alpha value is -2.52. The highest BCUT2D eigenvalue weighted by molar-refractivity contribution is 5.77. The minimum atomic E-state index is -1.04. The largest absolute Gasteiger partial charge is 0.518 e. The van der Waals surface area contributed by atoms with E-state index in [1.165, 1.54) is 12.8 Å². The molecule has 172 valence electrons. The van der Waals surface area contributed by atoms with Crippen molar-refractivity contribution in [2.24, 2.45) is 0 Å². The molecule has 0 N–H and O–H groups in total. The van der Waals surface area contributed by atoms with Gasteiger partial charge in [0.2, 0.25) is 0 Å². The van der Waals surface area contributed by atoms with Gasteiger partial charge >= 0.3 is 24.6 Å². The van der Waals surface area contributed by atoms with Crippen molar-refractivity contribution < 1.29 is 47.6 Å². The lowest BCUT2D eigenvalue weighted by Gasteiger charge is -2.22. The minimum Gasteiger partial charge on any atom is -0.434 e. The summed E-state index contributed by atoms with van der Waals surface area (Å²) in [5.74, 6) is 0. The number of carbonyl (C=O) groups excluding carboxylic acids is 4. The number of carbonyl (C=O) groups is 4. The van der Waals surface area contributed by atoms with Gasteiger partial charge in [0.15, 0.2) is 0 Å². The maximum Gasteiger partial charge on any atom is 0.518 e. The van der Waals surface area contributed by atoms with E-state index >= 15 is 0 Å². The average molecular weight is 432 g/mol. The summed E-state index contributed by atoms with van der Waals surface area (Å²) in [4.78, 5) is 43.6. The van der Waals surface area contributed by atoms with Gasteiger partial charge in [0.1, 0.15) is 12.2 Å². The van der Waals surface area contributed by atoms with Crippen LogP contribution in [0.5, 0.6) is 0 Å². The van der Waals surface area contributed by atoms with Gasteiger partial charge in [0, 0.05) is 0 Å². The number of hydrogen-bond donors (Lipinski definition) is 0. The third-order valence-corrected chi connectivity index (χ3v) is 4.49. The van der Waals surface area contributed by atoms with Crippen molar-refractivity contribution in [3.63, 3.8) is 0 Å². The molecule has 2 aliphatic carbocycles. The van der Waals surface area contributed by atoms with E-state index < -0.39 is 24.6 Å². The van der Waals surface area contributed by atoms with Crippen LogP contribution in [0.2, 0.25) is 0 Å². The summed E-state index contributed by atoms with van der Waals surface area (Å²) in [6, 6.07) is 0. The Morgan fingerprint density at radius 3 is 1.23 bits per heavy atom. The number of hydrogen-bond acceptors (Lipinski definition) is 10. The fourth-order valence-corrected chi connectivity index (χ4v) is 3.12. The topological polar surface area (TPSA) is 124 Å². The van der Waals surface area contributed by atoms with Gasteiger partial charge in [0.25, 0.3) is 0 Å². The summed E-state index contributed by atoms with van der Waals surface area (Å²) >= 11 is 0. The molecule has 2 fully saturated rings. The fourth-order valence-electron chi connectivity index (χ4n) is 3.12. The highest BCUT2D eigenvalue weighted by Gasteiger charge is 2.24. The standard InChI is InChI=1S/C14H22O5.C6H10O5/c15-13(17-11-7-3-1-4-8-11)19-14(16)18-12-9-5-2-6-10-12;1-3-9-5(7)11-6(8)10-4-2/h11-12H,1-10H2;3-4H2,1-2H3. The molecule has 10 nitrogen and oxygen atoms in total. The molecule has 0 saturated heterocycles. The lowest BCUT2D eigenvalue weighted by Crippen LogP contribution is -2.26. The van der Waals surface area contributed by atoms with Crippen molar-refractivity contribution >= 4 is 24.6 Å². The molecule has 30 heavy (non-hydrogen) atoms. The van der Waals surface area contributed by atoms with Gasteiger partial charge < -0.3 is 28.4 Å². The van der Waals surface area contributed by atoms with Crippen molar-refractivity contribution in [2.75, 3.05) is 13.2 Å². The van der Waals surface area contributed by atoms with Crippen molar-refractivity contribution in [1.29, 1.82) is 0 Å². The van der Waals surface area contributed by atoms with Crippen molar-refractivity contribution in [2.45, 2.75) is 90.3 Å². The molecular weight excluding hydrogens is 400 g/mol. The van der Waals surface area contributed by atoms with Crippen LogP contribution in [0, 0.1) is 0 Å². The molecule has 0 aromatic heterocycles. The predicted molar refractivity (Wildman–Crippen MR) is 103 cm³/mol. The molecule has 2 aliphatic rings. The van der Waals surface area contributed by atoms with Gasteiger partial charge in [-0.2, -0.15) is 0 Å². The lowest BCUT2D eigenvalue weighted by atomic mass is 9.98. The SMILES string of the molecule is CCOC(=O)OC(=O)OCC.O=C(OC(=O)OC1CCCCC1)OC1CCCCC1. The van der Waals surface area contributed by atoms with Crippen LogP contribution in [0.3, 0.4) is 0 Å². The third-order valence-electron chi connectivity index (χ3n) is 4.49. The van der Waals surface area contributed by atoms with Gasteiger partial charge in [-0.25, -0.2) is 19.2 Å². The monoisotopic (exact) mass is 432 g/mol. The first-order valence-electron chi connectivity index (χ1n) is 10.5. The van der Waals surface area contributed by atoms with Crippen LogP contribution < -0.4 is 0 Å². The first-order chi connectivity index (χ1) is 14.4. The van der Waals surface area contributed by atoms with Crippen LogP contribution >= 0.6 is 0 Å². The maximum atomic E-state index is 11.4. The molecule has 2 saturated carbocycles. The molecule has 0 radical (unpaired) electrons. The third kappa shape index (κ3) is 12.1. The molecule has 2 rings (SSSR count). The average Bonchev–Trinajstić information content (AvgIpc) is 2.70. The molecular formula is C20H32O10. The zero-order valence-corrected chi connectivity index (χ0v) is 17.7. The van der Waals surface area contributed by atoms with Crippen LogP contribution in [-0.4, -0.2) is 50.0 Å². The molecule has 0 aliphatic heterocycles. The van der Waals surface area contributed by atoms with E-state index in [1.54, 1.807) is 13.8 Å². The van der Waals surface area contributed by atoms with E-state index in [2.05, 4.69) is 18.9 Å². The highest BCUT2D eigenvalue weighted by atomic mass is 16.8. The summed E-state index contributed by atoms with van der Waals surface area (Å²) < 4.78 is 27.3. The predicted octanol–water partition coefficient (Wildman–Crippen LogP) is 5.26. The quantitative estimate of drug-likeness (QED) is 0.330. The smallest absolute Gasteiger partial charge is 0.434 e. The molecule has 0 unspecified atom stereocenters. The van der Waals surface area contributed by atoms with Gasteiger partial charge in [-0.1, -0.05) is 12.8 Å². The maximum absolute atomic E-state index is 11.4. The van der Waals surface area contributed by atoms with Crippen LogP contribution in [0.4, 0.5) is 19.2 Å². The number of rotatable bonds is 4. The second kappa shape index (κ2) is 15.3. The Kier molecular flexibility index (Phi) is 13.0. The number of ether oxygens (including phenoxy) is 6. The molecule has 0 spiro atoms. The Morgan fingerprint density at radius 1 is 0.567 bits per heavy atom. The van der Waals surface area contributed by atoms with Crippen LogP contribution in [0.1, 0.15) is 78.1 Å². The van der Waals surface area contributed by atoms with Crippen LogP contribution in [0.15, 0.2) is 0 Å². The second-order valence-corrected chi connectivity index (χ2v) is 6.83. The van der Waals surface area contributed by atoms with Gasteiger partial charge in [-0.15, -0.1) is 0 Å². The summed E-state index contributed by atoms with van der Waals surface area (Å²) in [7, 11) is 0. The zero-order valence-electron chi connectivity index (χ0n) is 17.7. The van der Waals surface area contributed by atoms with E-state index in [-0.39, 0.29) is 25.4 Å². The van der Waals surface area contributed by atoms with E-state index in [9.17, 15) is 19.2 Å². The first-order valence-corrected chi connectivity index (χ1v) is 10.5. The van der Waals surface area contributed by atoms with E-state index in [1.807, 2.05) is 0 Å². The molecule has 0 aromatic carbocycles. The first kappa shape index (κ1) is 25.5. The van der Waals surface area contributed by atoms with Gasteiger partial charge in [0.05, 0.1) is 13.2 Å². The zero-order chi connectivity index (χ0) is 22.2. The molecule has 0 atom stereocenters. The Balaban J connectivity index is 0.000000352. The fraction of sp³-hybridized carbons (Fsp3) is 0.800. The summed E-state index contributed by atoms with van der Waals surface area (Å²) in [6.07, 6.45) is 5.88. The normalized spacial score (nSPS) is 16.9. The van der Waals surface area contributed by atoms with Crippen molar-refractivity contribution in [1.82, 2.24) is 0 Å². The summed E-state index contributed by atoms with van der Waals surface area (Å²) in [5, 5.41) is 0. The Morgan fingerprint density at radius 2 is 0.900 bits per heavy atom. The van der Waals surface area contributed by atoms with E-state index in [4.69, 9.17) is 9.47 Å². The molecule has 0 heterocycles. The van der Waals surface area contributed by atoms with Crippen LogP contribution in [-0.2, 0) is 28.4 Å². The van der Waals surface area contributed by atoms with Gasteiger partial charge in [-0.3, -0.25) is 0 Å². The van der Waals surface area contributed by atoms with E-state index in [0.29, 0.717) is 0 Å². The van der Waals surface area contributed by atoms with Gasteiger partial charge in [-0.05, 0) is 65.2 Å². The highest BCUT2D eigenvalue weighted by Crippen LogP contribution is 2.22. The molecule has 0 bridgehead atoms. The van der Waals surface area contributed by atoms with Crippen molar-refractivity contribution in [3.8, 4) is 0 Å². The summed E-state index contributed by atoms with van der Waals surface area (Å²) in [6.45, 7) is 3.54. The molecule has 10 heteroatoms. The van der Waals surface area contributed by atoms with Crippen molar-refractivity contribution in [3.05, 3.63) is 0 Å². The molecule has 0 aromatic rings. The minimum absolute atomic E-state index is 0.108. The lowest BCUT2D eigenvalue weighted by molar-refractivity contribution is -0.0101.